The molecule has 8 heteroatoms. The summed E-state index contributed by atoms with van der Waals surface area (Å²) in [6, 6.07) is 11.8. The summed E-state index contributed by atoms with van der Waals surface area (Å²) in [4.78, 5) is 24.8. The van der Waals surface area contributed by atoms with Gasteiger partial charge in [0, 0.05) is 17.0 Å². The third-order valence-electron chi connectivity index (χ3n) is 3.77. The van der Waals surface area contributed by atoms with Crippen LogP contribution in [0.15, 0.2) is 53.4 Å². The van der Waals surface area contributed by atoms with E-state index in [4.69, 9.17) is 0 Å². The minimum atomic E-state index is -4.55. The summed E-state index contributed by atoms with van der Waals surface area (Å²) in [7, 11) is 0. The Balaban J connectivity index is 2.05. The molecule has 0 saturated carbocycles. The van der Waals surface area contributed by atoms with Gasteiger partial charge in [0.25, 0.3) is 0 Å². The molecule has 4 nitrogen and oxygen atoms in total. The van der Waals surface area contributed by atoms with E-state index in [-0.39, 0.29) is 11.6 Å². The molecule has 0 spiro atoms. The van der Waals surface area contributed by atoms with E-state index < -0.39 is 22.9 Å². The minimum Gasteiger partial charge on any atom is -0.326 e. The molecule has 2 aromatic rings. The van der Waals surface area contributed by atoms with Gasteiger partial charge in [-0.2, -0.15) is 13.2 Å². The van der Waals surface area contributed by atoms with E-state index in [1.807, 2.05) is 6.92 Å². The zero-order valence-corrected chi connectivity index (χ0v) is 16.3. The van der Waals surface area contributed by atoms with Crippen LogP contribution in [-0.4, -0.2) is 17.1 Å². The number of carbonyl (C=O) groups excluding carboxylic acids is 2. The van der Waals surface area contributed by atoms with E-state index in [0.29, 0.717) is 12.1 Å². The second-order valence-electron chi connectivity index (χ2n) is 6.12. The normalized spacial score (nSPS) is 12.3. The summed E-state index contributed by atoms with van der Waals surface area (Å²) in [6.45, 7) is 3.52. The number of hydrogen-bond acceptors (Lipinski definition) is 3. The van der Waals surface area contributed by atoms with Crippen molar-refractivity contribution in [3.63, 3.8) is 0 Å². The van der Waals surface area contributed by atoms with Crippen molar-refractivity contribution in [2.75, 3.05) is 10.6 Å². The van der Waals surface area contributed by atoms with Gasteiger partial charge in [-0.25, -0.2) is 0 Å². The van der Waals surface area contributed by atoms with Crippen LogP contribution in [-0.2, 0) is 15.8 Å². The Morgan fingerprint density at radius 1 is 1.07 bits per heavy atom. The molecule has 2 aromatic carbocycles. The number of amides is 2. The zero-order chi connectivity index (χ0) is 20.7. The zero-order valence-electron chi connectivity index (χ0n) is 15.5. The number of carbonyl (C=O) groups is 2. The lowest BCUT2D eigenvalue weighted by atomic mass is 10.1. The van der Waals surface area contributed by atoms with Crippen molar-refractivity contribution in [3.05, 3.63) is 54.1 Å². The van der Waals surface area contributed by atoms with Gasteiger partial charge in [0.15, 0.2) is 0 Å². The molecule has 1 unspecified atom stereocenters. The predicted octanol–water partition coefficient (Wildman–Crippen LogP) is 5.56. The van der Waals surface area contributed by atoms with Crippen LogP contribution in [0, 0.1) is 0 Å². The molecule has 0 heterocycles. The average Bonchev–Trinajstić information content (AvgIpc) is 2.61. The molecule has 0 saturated heterocycles. The molecule has 0 aliphatic carbocycles. The maximum atomic E-state index is 13.1. The van der Waals surface area contributed by atoms with Crippen LogP contribution in [0.25, 0.3) is 0 Å². The van der Waals surface area contributed by atoms with E-state index in [1.54, 1.807) is 31.2 Å². The predicted molar refractivity (Wildman–Crippen MR) is 105 cm³/mol. The SMILES string of the molecule is CCCC(=O)Nc1cccc(SC(C)C(=O)Nc2ccccc2C(F)(F)F)c1. The van der Waals surface area contributed by atoms with Gasteiger partial charge in [-0.15, -0.1) is 11.8 Å². The highest BCUT2D eigenvalue weighted by molar-refractivity contribution is 8.00. The van der Waals surface area contributed by atoms with Gasteiger partial charge in [-0.3, -0.25) is 9.59 Å². The van der Waals surface area contributed by atoms with Gasteiger partial charge < -0.3 is 10.6 Å². The quantitative estimate of drug-likeness (QED) is 0.587. The lowest BCUT2D eigenvalue weighted by Crippen LogP contribution is -2.24. The molecule has 1 atom stereocenters. The summed E-state index contributed by atoms with van der Waals surface area (Å²) in [5.41, 5.74) is -0.548. The molecule has 0 aromatic heterocycles. The second kappa shape index (κ2) is 9.64. The van der Waals surface area contributed by atoms with Gasteiger partial charge in [-0.05, 0) is 43.7 Å². The highest BCUT2D eigenvalue weighted by atomic mass is 32.2. The topological polar surface area (TPSA) is 58.2 Å². The molecule has 150 valence electrons. The van der Waals surface area contributed by atoms with Crippen LogP contribution in [0.1, 0.15) is 32.3 Å². The van der Waals surface area contributed by atoms with E-state index in [1.165, 1.54) is 30.0 Å². The fourth-order valence-corrected chi connectivity index (χ4v) is 3.36. The van der Waals surface area contributed by atoms with Crippen LogP contribution in [0.2, 0.25) is 0 Å². The number of para-hydroxylation sites is 1. The Kier molecular flexibility index (Phi) is 7.51. The highest BCUT2D eigenvalue weighted by Crippen LogP contribution is 2.35. The van der Waals surface area contributed by atoms with E-state index in [9.17, 15) is 22.8 Å². The molecule has 0 fully saturated rings. The molecule has 2 rings (SSSR count). The van der Waals surface area contributed by atoms with Crippen LogP contribution in [0.3, 0.4) is 0 Å². The van der Waals surface area contributed by atoms with Crippen LogP contribution >= 0.6 is 11.8 Å². The first kappa shape index (κ1) is 21.8. The monoisotopic (exact) mass is 410 g/mol. The molecule has 0 aliphatic heterocycles. The Morgan fingerprint density at radius 3 is 2.46 bits per heavy atom. The lowest BCUT2D eigenvalue weighted by molar-refractivity contribution is -0.137. The summed E-state index contributed by atoms with van der Waals surface area (Å²) in [5, 5.41) is 4.49. The Morgan fingerprint density at radius 2 is 1.79 bits per heavy atom. The first-order valence-corrected chi connectivity index (χ1v) is 9.62. The first-order valence-electron chi connectivity index (χ1n) is 8.74. The van der Waals surface area contributed by atoms with Crippen molar-refractivity contribution in [1.29, 1.82) is 0 Å². The molecular formula is C20H21F3N2O2S. The van der Waals surface area contributed by atoms with Crippen molar-refractivity contribution >= 4 is 35.0 Å². The van der Waals surface area contributed by atoms with Crippen molar-refractivity contribution in [3.8, 4) is 0 Å². The third-order valence-corrected chi connectivity index (χ3v) is 4.86. The molecule has 0 aliphatic rings. The maximum Gasteiger partial charge on any atom is 0.418 e. The Bertz CT molecular complexity index is 840. The van der Waals surface area contributed by atoms with Crippen LogP contribution in [0.5, 0.6) is 0 Å². The van der Waals surface area contributed by atoms with Gasteiger partial charge in [-0.1, -0.05) is 25.1 Å². The van der Waals surface area contributed by atoms with E-state index >= 15 is 0 Å². The second-order valence-corrected chi connectivity index (χ2v) is 7.53. The van der Waals surface area contributed by atoms with Crippen LogP contribution < -0.4 is 10.6 Å². The number of anilines is 2. The Labute approximate surface area is 165 Å². The number of alkyl halides is 3. The van der Waals surface area contributed by atoms with E-state index in [0.717, 1.165) is 17.4 Å². The third kappa shape index (κ3) is 6.30. The minimum absolute atomic E-state index is 0.0980. The standard InChI is InChI=1S/C20H21F3N2O2S/c1-3-7-18(26)24-14-8-6-9-15(12-14)28-13(2)19(27)25-17-11-5-4-10-16(17)20(21,22)23/h4-6,8-13H,3,7H2,1-2H3,(H,24,26)(H,25,27). The van der Waals surface area contributed by atoms with E-state index in [2.05, 4.69) is 10.6 Å². The van der Waals surface area contributed by atoms with Crippen molar-refractivity contribution in [2.24, 2.45) is 0 Å². The number of thioether (sulfide) groups is 1. The number of rotatable bonds is 7. The number of hydrogen-bond donors (Lipinski definition) is 2. The molecule has 2 amide bonds. The van der Waals surface area contributed by atoms with Crippen LogP contribution in [0.4, 0.5) is 24.5 Å². The molecule has 28 heavy (non-hydrogen) atoms. The van der Waals surface area contributed by atoms with Gasteiger partial charge in [0.2, 0.25) is 11.8 Å². The largest absolute Gasteiger partial charge is 0.418 e. The Hall–Kier alpha value is -2.48. The number of nitrogens with one attached hydrogen (secondary N) is 2. The highest BCUT2D eigenvalue weighted by Gasteiger charge is 2.33. The van der Waals surface area contributed by atoms with Gasteiger partial charge in [0.1, 0.15) is 0 Å². The molecular weight excluding hydrogens is 389 g/mol. The summed E-state index contributed by atoms with van der Waals surface area (Å²) in [6.07, 6.45) is -3.41. The molecule has 2 N–H and O–H groups in total. The number of benzene rings is 2. The fraction of sp³-hybridized carbons (Fsp3) is 0.300. The first-order chi connectivity index (χ1) is 13.2. The van der Waals surface area contributed by atoms with Gasteiger partial charge >= 0.3 is 6.18 Å². The van der Waals surface area contributed by atoms with Crippen molar-refractivity contribution < 1.29 is 22.8 Å². The van der Waals surface area contributed by atoms with Crippen molar-refractivity contribution in [2.45, 2.75) is 43.0 Å². The molecule has 0 bridgehead atoms. The fourth-order valence-electron chi connectivity index (χ4n) is 2.43. The summed E-state index contributed by atoms with van der Waals surface area (Å²) in [5.74, 6) is -0.638. The lowest BCUT2D eigenvalue weighted by Gasteiger charge is -2.16. The van der Waals surface area contributed by atoms with Crippen molar-refractivity contribution in [1.82, 2.24) is 0 Å². The summed E-state index contributed by atoms with van der Waals surface area (Å²) < 4.78 is 39.2. The number of halogens is 3. The maximum absolute atomic E-state index is 13.1. The average molecular weight is 410 g/mol. The summed E-state index contributed by atoms with van der Waals surface area (Å²) >= 11 is 1.19. The van der Waals surface area contributed by atoms with Gasteiger partial charge in [0.05, 0.1) is 16.5 Å². The molecule has 0 radical (unpaired) electrons. The smallest absolute Gasteiger partial charge is 0.326 e.